The molecule has 0 aliphatic heterocycles. The number of rotatable bonds is 6. The Bertz CT molecular complexity index is 555. The summed E-state index contributed by atoms with van der Waals surface area (Å²) >= 11 is 0. The Morgan fingerprint density at radius 1 is 1.20 bits per heavy atom. The van der Waals surface area contributed by atoms with Crippen LogP contribution in [-0.2, 0) is 6.42 Å². The number of aromatic nitrogens is 2. The average molecular weight is 272 g/mol. The van der Waals surface area contributed by atoms with E-state index >= 15 is 0 Å². The summed E-state index contributed by atoms with van der Waals surface area (Å²) in [5, 5.41) is 10.0. The molecule has 0 saturated heterocycles. The molecule has 0 unspecified atom stereocenters. The van der Waals surface area contributed by atoms with Gasteiger partial charge in [0.25, 0.3) is 0 Å². The van der Waals surface area contributed by atoms with Gasteiger partial charge in [-0.2, -0.15) is 0 Å². The zero-order valence-electron chi connectivity index (χ0n) is 12.1. The maximum absolute atomic E-state index is 10.0. The van der Waals surface area contributed by atoms with Crippen molar-refractivity contribution in [1.82, 2.24) is 9.38 Å². The van der Waals surface area contributed by atoms with E-state index < -0.39 is 0 Å². The predicted molar refractivity (Wildman–Crippen MR) is 81.0 cm³/mol. The van der Waals surface area contributed by atoms with Crippen LogP contribution in [0.1, 0.15) is 56.9 Å². The molecule has 2 aromatic rings. The number of hydrogen-bond donors (Lipinski definition) is 1. The van der Waals surface area contributed by atoms with Gasteiger partial charge in [0.1, 0.15) is 11.4 Å². The lowest BCUT2D eigenvalue weighted by molar-refractivity contribution is 0.457. The van der Waals surface area contributed by atoms with Crippen molar-refractivity contribution in [2.75, 3.05) is 0 Å². The van der Waals surface area contributed by atoms with Gasteiger partial charge in [-0.15, -0.1) is 0 Å². The average Bonchev–Trinajstić information content (AvgIpc) is 3.09. The predicted octanol–water partition coefficient (Wildman–Crippen LogP) is 4.33. The minimum absolute atomic E-state index is 0.388. The molecule has 1 fully saturated rings. The first-order chi connectivity index (χ1) is 9.83. The number of fused-ring (bicyclic) bond motifs is 1. The van der Waals surface area contributed by atoms with Gasteiger partial charge in [0, 0.05) is 30.2 Å². The highest BCUT2D eigenvalue weighted by molar-refractivity contribution is 5.47. The van der Waals surface area contributed by atoms with Crippen LogP contribution in [0.15, 0.2) is 24.7 Å². The maximum Gasteiger partial charge on any atom is 0.140 e. The summed E-state index contributed by atoms with van der Waals surface area (Å²) in [5.74, 6) is 1.39. The van der Waals surface area contributed by atoms with Gasteiger partial charge in [-0.25, -0.2) is 4.98 Å². The van der Waals surface area contributed by atoms with E-state index in [-0.39, 0.29) is 0 Å². The molecule has 1 aliphatic rings. The molecule has 108 valence electrons. The maximum atomic E-state index is 10.0. The molecular weight excluding hydrogens is 248 g/mol. The normalized spacial score (nSPS) is 16.2. The lowest BCUT2D eigenvalue weighted by Crippen LogP contribution is -1.95. The van der Waals surface area contributed by atoms with Crippen molar-refractivity contribution in [3.63, 3.8) is 0 Å². The summed E-state index contributed by atoms with van der Waals surface area (Å²) in [6, 6.07) is 1.76. The second-order valence-electron chi connectivity index (χ2n) is 6.13. The van der Waals surface area contributed by atoms with Gasteiger partial charge in [0.2, 0.25) is 0 Å². The van der Waals surface area contributed by atoms with Gasteiger partial charge in [0.05, 0.1) is 0 Å². The molecule has 0 amide bonds. The summed E-state index contributed by atoms with van der Waals surface area (Å²) in [4.78, 5) is 4.18. The summed E-state index contributed by atoms with van der Waals surface area (Å²) in [5.41, 5.74) is 1.85. The zero-order valence-corrected chi connectivity index (χ0v) is 12.1. The van der Waals surface area contributed by atoms with Gasteiger partial charge in [-0.3, -0.25) is 0 Å². The Balaban J connectivity index is 1.45. The molecule has 2 heterocycles. The largest absolute Gasteiger partial charge is 0.507 e. The van der Waals surface area contributed by atoms with Crippen molar-refractivity contribution < 1.29 is 5.11 Å². The number of imidazole rings is 1. The molecule has 0 radical (unpaired) electrons. The first-order valence-corrected chi connectivity index (χ1v) is 7.97. The third-order valence-corrected chi connectivity index (χ3v) is 4.62. The van der Waals surface area contributed by atoms with Crippen molar-refractivity contribution in [2.45, 2.75) is 57.8 Å². The Morgan fingerprint density at radius 3 is 2.90 bits per heavy atom. The number of hydrogen-bond acceptors (Lipinski definition) is 2. The van der Waals surface area contributed by atoms with Crippen LogP contribution < -0.4 is 0 Å². The Morgan fingerprint density at radius 2 is 2.05 bits per heavy atom. The zero-order chi connectivity index (χ0) is 13.8. The Labute approximate surface area is 120 Å². The highest BCUT2D eigenvalue weighted by Gasteiger charge is 2.14. The number of aryl methyl sites for hydroxylation is 1. The highest BCUT2D eigenvalue weighted by Crippen LogP contribution is 2.29. The third-order valence-electron chi connectivity index (χ3n) is 4.62. The molecule has 3 rings (SSSR count). The van der Waals surface area contributed by atoms with Crippen molar-refractivity contribution >= 4 is 5.65 Å². The molecule has 3 heteroatoms. The molecular formula is C17H24N2O. The van der Waals surface area contributed by atoms with Crippen LogP contribution in [0.4, 0.5) is 0 Å². The molecule has 0 bridgehead atoms. The molecule has 0 aromatic carbocycles. The van der Waals surface area contributed by atoms with Crippen LogP contribution in [0.25, 0.3) is 5.65 Å². The van der Waals surface area contributed by atoms with E-state index in [1.807, 2.05) is 16.8 Å². The van der Waals surface area contributed by atoms with Crippen LogP contribution in [-0.4, -0.2) is 14.5 Å². The molecule has 0 spiro atoms. The van der Waals surface area contributed by atoms with Gasteiger partial charge in [0.15, 0.2) is 0 Å². The molecule has 1 N–H and O–H groups in total. The lowest BCUT2D eigenvalue weighted by atomic mass is 9.98. The quantitative estimate of drug-likeness (QED) is 0.795. The topological polar surface area (TPSA) is 37.5 Å². The van der Waals surface area contributed by atoms with E-state index in [1.165, 1.54) is 51.4 Å². The van der Waals surface area contributed by atoms with Gasteiger partial charge in [-0.1, -0.05) is 44.9 Å². The summed E-state index contributed by atoms with van der Waals surface area (Å²) in [6.45, 7) is 0. The summed E-state index contributed by atoms with van der Waals surface area (Å²) in [6.07, 6.45) is 17.7. The second kappa shape index (κ2) is 6.29. The van der Waals surface area contributed by atoms with E-state index in [0.717, 1.165) is 23.5 Å². The monoisotopic (exact) mass is 272 g/mol. The third kappa shape index (κ3) is 3.14. The van der Waals surface area contributed by atoms with E-state index in [1.54, 1.807) is 12.3 Å². The Hall–Kier alpha value is -1.51. The van der Waals surface area contributed by atoms with E-state index in [4.69, 9.17) is 0 Å². The van der Waals surface area contributed by atoms with Gasteiger partial charge in [-0.05, 0) is 18.8 Å². The fourth-order valence-corrected chi connectivity index (χ4v) is 3.41. The SMILES string of the molecule is Oc1cc2nccn2cc1CCCCCC1CCCC1. The number of nitrogens with zero attached hydrogens (tertiary/aromatic N) is 2. The number of aromatic hydroxyl groups is 1. The summed E-state index contributed by atoms with van der Waals surface area (Å²) in [7, 11) is 0. The number of unbranched alkanes of at least 4 members (excludes halogenated alkanes) is 2. The fraction of sp³-hybridized carbons (Fsp3) is 0.588. The molecule has 20 heavy (non-hydrogen) atoms. The first kappa shape index (κ1) is 13.5. The molecule has 3 nitrogen and oxygen atoms in total. The molecule has 2 aromatic heterocycles. The van der Waals surface area contributed by atoms with Crippen LogP contribution in [0.5, 0.6) is 5.75 Å². The Kier molecular flexibility index (Phi) is 4.24. The molecule has 1 aliphatic carbocycles. The fourth-order valence-electron chi connectivity index (χ4n) is 3.41. The van der Waals surface area contributed by atoms with E-state index in [0.29, 0.717) is 5.75 Å². The highest BCUT2D eigenvalue weighted by atomic mass is 16.3. The van der Waals surface area contributed by atoms with Crippen LogP contribution in [0.2, 0.25) is 0 Å². The molecule has 0 atom stereocenters. The van der Waals surface area contributed by atoms with Gasteiger partial charge >= 0.3 is 0 Å². The van der Waals surface area contributed by atoms with Crippen LogP contribution >= 0.6 is 0 Å². The standard InChI is InChI=1S/C17H24N2O/c20-16-12-17-18-10-11-19(17)13-15(16)9-3-1-2-6-14-7-4-5-8-14/h10-14,20H,1-9H2. The minimum atomic E-state index is 0.388. The van der Waals surface area contributed by atoms with Crippen LogP contribution in [0, 0.1) is 5.92 Å². The number of pyridine rings is 1. The van der Waals surface area contributed by atoms with Crippen molar-refractivity contribution in [3.05, 3.63) is 30.2 Å². The van der Waals surface area contributed by atoms with E-state index in [9.17, 15) is 5.11 Å². The van der Waals surface area contributed by atoms with Gasteiger partial charge < -0.3 is 9.51 Å². The van der Waals surface area contributed by atoms with Crippen LogP contribution in [0.3, 0.4) is 0 Å². The van der Waals surface area contributed by atoms with Crippen molar-refractivity contribution in [3.8, 4) is 5.75 Å². The minimum Gasteiger partial charge on any atom is -0.507 e. The first-order valence-electron chi connectivity index (χ1n) is 7.97. The second-order valence-corrected chi connectivity index (χ2v) is 6.13. The van der Waals surface area contributed by atoms with Crippen molar-refractivity contribution in [1.29, 1.82) is 0 Å². The smallest absolute Gasteiger partial charge is 0.140 e. The van der Waals surface area contributed by atoms with E-state index in [2.05, 4.69) is 4.98 Å². The molecule has 1 saturated carbocycles. The van der Waals surface area contributed by atoms with Crippen molar-refractivity contribution in [2.24, 2.45) is 5.92 Å². The summed E-state index contributed by atoms with van der Waals surface area (Å²) < 4.78 is 1.98. The lowest BCUT2D eigenvalue weighted by Gasteiger charge is -2.09.